The maximum absolute atomic E-state index is 9.89. The van der Waals surface area contributed by atoms with Crippen molar-refractivity contribution in [3.05, 3.63) is 53.1 Å². The van der Waals surface area contributed by atoms with Crippen LogP contribution < -0.4 is 0 Å². The molecule has 18 heavy (non-hydrogen) atoms. The molecule has 2 aromatic carbocycles. The van der Waals surface area contributed by atoms with Crippen molar-refractivity contribution in [2.45, 2.75) is 6.92 Å². The van der Waals surface area contributed by atoms with Gasteiger partial charge in [-0.3, -0.25) is 0 Å². The van der Waals surface area contributed by atoms with Crippen LogP contribution in [0, 0.1) is 6.92 Å². The molecule has 0 spiro atoms. The largest absolute Gasteiger partial charge is 0.507 e. The molecule has 3 heteroatoms. The normalized spacial score (nSPS) is 11.0. The van der Waals surface area contributed by atoms with Crippen molar-refractivity contribution in [2.24, 2.45) is 0 Å². The van der Waals surface area contributed by atoms with Gasteiger partial charge in [0.1, 0.15) is 11.5 Å². The third-order valence-corrected chi connectivity index (χ3v) is 3.21. The van der Waals surface area contributed by atoms with Crippen molar-refractivity contribution in [3.63, 3.8) is 0 Å². The van der Waals surface area contributed by atoms with Gasteiger partial charge in [0, 0.05) is 5.39 Å². The van der Waals surface area contributed by atoms with Crippen molar-refractivity contribution in [3.8, 4) is 17.1 Å². The van der Waals surface area contributed by atoms with Crippen molar-refractivity contribution >= 4 is 22.6 Å². The van der Waals surface area contributed by atoms with E-state index in [4.69, 9.17) is 16.0 Å². The molecule has 0 saturated carbocycles. The maximum Gasteiger partial charge on any atom is 0.153 e. The number of hydrogen-bond acceptors (Lipinski definition) is 2. The lowest BCUT2D eigenvalue weighted by Crippen LogP contribution is -1.78. The molecule has 90 valence electrons. The summed E-state index contributed by atoms with van der Waals surface area (Å²) in [5, 5.41) is 11.4. The van der Waals surface area contributed by atoms with Gasteiger partial charge >= 0.3 is 0 Å². The van der Waals surface area contributed by atoms with Crippen LogP contribution in [-0.2, 0) is 0 Å². The first-order valence-electron chi connectivity index (χ1n) is 5.63. The second-order valence-electron chi connectivity index (χ2n) is 4.29. The molecule has 2 nitrogen and oxygen atoms in total. The molecule has 0 amide bonds. The zero-order chi connectivity index (χ0) is 12.7. The molecule has 1 N–H and O–H groups in total. The van der Waals surface area contributed by atoms with Gasteiger partial charge in [0.05, 0.1) is 10.6 Å². The third-order valence-electron chi connectivity index (χ3n) is 2.91. The van der Waals surface area contributed by atoms with Gasteiger partial charge in [-0.15, -0.1) is 0 Å². The van der Waals surface area contributed by atoms with Crippen LogP contribution in [0.2, 0.25) is 5.02 Å². The predicted octanol–water partition coefficient (Wildman–Crippen LogP) is 4.77. The lowest BCUT2D eigenvalue weighted by atomic mass is 10.1. The molecule has 1 aromatic heterocycles. The van der Waals surface area contributed by atoms with Crippen LogP contribution in [-0.4, -0.2) is 5.11 Å². The molecule has 3 rings (SSSR count). The van der Waals surface area contributed by atoms with Crippen LogP contribution in [0.4, 0.5) is 0 Å². The van der Waals surface area contributed by atoms with Gasteiger partial charge in [-0.2, -0.15) is 0 Å². The van der Waals surface area contributed by atoms with Crippen molar-refractivity contribution < 1.29 is 9.52 Å². The highest BCUT2D eigenvalue weighted by atomic mass is 35.5. The number of phenolic OH excluding ortho intramolecular Hbond substituents is 1. The van der Waals surface area contributed by atoms with Gasteiger partial charge < -0.3 is 9.52 Å². The van der Waals surface area contributed by atoms with Gasteiger partial charge in [-0.25, -0.2) is 0 Å². The van der Waals surface area contributed by atoms with E-state index in [1.165, 1.54) is 0 Å². The lowest BCUT2D eigenvalue weighted by Gasteiger charge is -2.02. The van der Waals surface area contributed by atoms with Gasteiger partial charge in [0.2, 0.25) is 0 Å². The molecule has 1 heterocycles. The molecular formula is C15H11ClO2. The summed E-state index contributed by atoms with van der Waals surface area (Å²) < 4.78 is 5.73. The number of fused-ring (bicyclic) bond motifs is 1. The maximum atomic E-state index is 9.89. The van der Waals surface area contributed by atoms with Gasteiger partial charge in [-0.1, -0.05) is 35.4 Å². The predicted molar refractivity (Wildman–Crippen MR) is 73.1 cm³/mol. The Balaban J connectivity index is 2.26. The topological polar surface area (TPSA) is 33.4 Å². The molecule has 0 aliphatic carbocycles. The Kier molecular flexibility index (Phi) is 2.53. The summed E-state index contributed by atoms with van der Waals surface area (Å²) in [4.78, 5) is 0. The summed E-state index contributed by atoms with van der Waals surface area (Å²) in [6.07, 6.45) is 0. The zero-order valence-electron chi connectivity index (χ0n) is 9.77. The fraction of sp³-hybridized carbons (Fsp3) is 0.0667. The highest BCUT2D eigenvalue weighted by Crippen LogP contribution is 2.36. The Morgan fingerprint density at radius 2 is 1.94 bits per heavy atom. The number of aromatic hydroxyl groups is 1. The van der Waals surface area contributed by atoms with Gasteiger partial charge in [0.25, 0.3) is 0 Å². The molecule has 0 fully saturated rings. The van der Waals surface area contributed by atoms with Crippen molar-refractivity contribution in [1.29, 1.82) is 0 Å². The van der Waals surface area contributed by atoms with E-state index >= 15 is 0 Å². The number of aryl methyl sites for hydroxylation is 1. The van der Waals surface area contributed by atoms with Gasteiger partial charge in [-0.05, 0) is 31.2 Å². The Labute approximate surface area is 109 Å². The van der Waals surface area contributed by atoms with Crippen molar-refractivity contribution in [2.75, 3.05) is 0 Å². The van der Waals surface area contributed by atoms with Crippen LogP contribution in [0.3, 0.4) is 0 Å². The first-order chi connectivity index (χ1) is 8.65. The first kappa shape index (κ1) is 11.2. The Morgan fingerprint density at radius 1 is 1.11 bits per heavy atom. The summed E-state index contributed by atoms with van der Waals surface area (Å²) in [6.45, 7) is 1.97. The fourth-order valence-corrected chi connectivity index (χ4v) is 2.23. The number of phenols is 1. The van der Waals surface area contributed by atoms with E-state index in [1.807, 2.05) is 37.3 Å². The Morgan fingerprint density at radius 3 is 2.72 bits per heavy atom. The van der Waals surface area contributed by atoms with Crippen LogP contribution >= 0.6 is 11.6 Å². The fourth-order valence-electron chi connectivity index (χ4n) is 2.01. The summed E-state index contributed by atoms with van der Waals surface area (Å²) in [7, 11) is 0. The minimum absolute atomic E-state index is 0.204. The second kappa shape index (κ2) is 4.07. The summed E-state index contributed by atoms with van der Waals surface area (Å²) in [6, 6.07) is 12.9. The summed E-state index contributed by atoms with van der Waals surface area (Å²) in [5.74, 6) is 0.829. The molecule has 3 aromatic rings. The van der Waals surface area contributed by atoms with E-state index in [0.29, 0.717) is 21.9 Å². The minimum Gasteiger partial charge on any atom is -0.507 e. The Bertz CT molecular complexity index is 728. The molecule has 0 saturated heterocycles. The van der Waals surface area contributed by atoms with E-state index in [9.17, 15) is 5.11 Å². The first-order valence-corrected chi connectivity index (χ1v) is 6.01. The zero-order valence-corrected chi connectivity index (χ0v) is 10.5. The number of furan rings is 1. The summed E-state index contributed by atoms with van der Waals surface area (Å²) >= 11 is 6.07. The number of halogens is 1. The smallest absolute Gasteiger partial charge is 0.153 e. The molecule has 0 aliphatic heterocycles. The van der Waals surface area contributed by atoms with Gasteiger partial charge in [0.15, 0.2) is 5.58 Å². The number of para-hydroxylation sites is 1. The average molecular weight is 259 g/mol. The SMILES string of the molecule is Cc1ccc(O)c(-c2cc3cccc(Cl)c3o2)c1. The molecule has 0 bridgehead atoms. The van der Waals surface area contributed by atoms with E-state index in [0.717, 1.165) is 10.9 Å². The number of benzene rings is 2. The van der Waals surface area contributed by atoms with E-state index < -0.39 is 0 Å². The Hall–Kier alpha value is -1.93. The van der Waals surface area contributed by atoms with E-state index in [2.05, 4.69) is 0 Å². The number of hydrogen-bond donors (Lipinski definition) is 1. The molecule has 0 atom stereocenters. The summed E-state index contributed by atoms with van der Waals surface area (Å²) in [5.41, 5.74) is 2.40. The third kappa shape index (κ3) is 1.75. The van der Waals surface area contributed by atoms with Crippen LogP contribution in [0.1, 0.15) is 5.56 Å². The molecule has 0 aliphatic rings. The average Bonchev–Trinajstić information content (AvgIpc) is 2.77. The van der Waals surface area contributed by atoms with Crippen LogP contribution in [0.15, 0.2) is 46.9 Å². The highest BCUT2D eigenvalue weighted by Gasteiger charge is 2.12. The standard InChI is InChI=1S/C15H11ClO2/c1-9-5-6-13(17)11(7-9)14-8-10-3-2-4-12(16)15(10)18-14/h2-8,17H,1H3. The van der Waals surface area contributed by atoms with Crippen LogP contribution in [0.5, 0.6) is 5.75 Å². The van der Waals surface area contributed by atoms with E-state index in [-0.39, 0.29) is 5.75 Å². The lowest BCUT2D eigenvalue weighted by molar-refractivity contribution is 0.474. The molecule has 0 radical (unpaired) electrons. The molecular weight excluding hydrogens is 248 g/mol. The van der Waals surface area contributed by atoms with Crippen LogP contribution in [0.25, 0.3) is 22.3 Å². The quantitative estimate of drug-likeness (QED) is 0.682. The van der Waals surface area contributed by atoms with Crippen molar-refractivity contribution in [1.82, 2.24) is 0 Å². The highest BCUT2D eigenvalue weighted by molar-refractivity contribution is 6.34. The number of rotatable bonds is 1. The minimum atomic E-state index is 0.204. The van der Waals surface area contributed by atoms with E-state index in [1.54, 1.807) is 12.1 Å². The second-order valence-corrected chi connectivity index (χ2v) is 4.70. The monoisotopic (exact) mass is 258 g/mol. The molecule has 0 unspecified atom stereocenters.